The lowest BCUT2D eigenvalue weighted by molar-refractivity contribution is -0.183. The number of aliphatic carboxylic acids is 2. The first-order chi connectivity index (χ1) is 17.0. The van der Waals surface area contributed by atoms with Crippen molar-refractivity contribution in [2.75, 3.05) is 14.2 Å². The van der Waals surface area contributed by atoms with Crippen molar-refractivity contribution in [1.29, 1.82) is 0 Å². The highest BCUT2D eigenvalue weighted by molar-refractivity contribution is 5.93. The van der Waals surface area contributed by atoms with Crippen LogP contribution in [0.5, 0.6) is 23.0 Å². The first-order valence-electron chi connectivity index (χ1n) is 10.0. The quantitative estimate of drug-likeness (QED) is 0.258. The Labute approximate surface area is 204 Å². The van der Waals surface area contributed by atoms with Crippen molar-refractivity contribution in [1.82, 2.24) is 0 Å². The van der Waals surface area contributed by atoms with E-state index in [1.54, 1.807) is 0 Å². The molecule has 0 radical (unpaired) electrons. The number of hydrogen-bond donors (Lipinski definition) is 4. The monoisotopic (exact) mass is 502 g/mol. The average Bonchev–Trinajstić information content (AvgIpc) is 2.84. The SMILES string of the molecule is COc1cc(C=CC(=O)OC(C(=O)O)C(OC(=O)C=Cc2ccc(O)c(OC)c2)C(=O)O)ccc1O. The van der Waals surface area contributed by atoms with E-state index in [0.717, 1.165) is 12.2 Å². The number of carbonyl (C=O) groups excluding carboxylic acids is 2. The maximum atomic E-state index is 12.1. The van der Waals surface area contributed by atoms with Crippen LogP contribution in [-0.2, 0) is 28.7 Å². The number of ether oxygens (including phenoxy) is 4. The normalized spacial score (nSPS) is 12.6. The van der Waals surface area contributed by atoms with Crippen LogP contribution < -0.4 is 9.47 Å². The van der Waals surface area contributed by atoms with Crippen molar-refractivity contribution in [3.8, 4) is 23.0 Å². The molecular formula is C24H22O12. The second-order valence-electron chi connectivity index (χ2n) is 6.92. The highest BCUT2D eigenvalue weighted by atomic mass is 16.6. The van der Waals surface area contributed by atoms with Crippen LogP contribution in [0, 0.1) is 0 Å². The van der Waals surface area contributed by atoms with E-state index in [9.17, 15) is 39.6 Å². The molecule has 0 bridgehead atoms. The van der Waals surface area contributed by atoms with Gasteiger partial charge in [0.1, 0.15) is 0 Å². The molecule has 12 heteroatoms. The molecule has 12 nitrogen and oxygen atoms in total. The number of phenols is 2. The highest BCUT2D eigenvalue weighted by Gasteiger charge is 2.40. The fourth-order valence-corrected chi connectivity index (χ4v) is 2.74. The minimum atomic E-state index is -2.36. The van der Waals surface area contributed by atoms with Crippen molar-refractivity contribution < 1.29 is 58.6 Å². The standard InChI is InChI=1S/C24H22O12/c1-33-17-11-13(3-7-15(17)25)5-9-19(27)35-21(23(29)30)22(24(31)32)36-20(28)10-6-14-4-8-16(26)18(12-14)34-2/h3-12,21-22,25-26H,1-2H3,(H,29,30)(H,31,32). The maximum Gasteiger partial charge on any atom is 0.349 e. The number of carboxylic acid groups (broad SMARTS) is 2. The summed E-state index contributed by atoms with van der Waals surface area (Å²) in [6.07, 6.45) is -0.666. The molecule has 190 valence electrons. The number of carbonyl (C=O) groups is 4. The summed E-state index contributed by atoms with van der Waals surface area (Å²) in [5.74, 6) is -6.25. The Morgan fingerprint density at radius 3 is 1.36 bits per heavy atom. The number of benzene rings is 2. The smallest absolute Gasteiger partial charge is 0.349 e. The first-order valence-corrected chi connectivity index (χ1v) is 10.0. The third-order valence-corrected chi connectivity index (χ3v) is 4.48. The summed E-state index contributed by atoms with van der Waals surface area (Å²) in [5.41, 5.74) is 0.761. The lowest BCUT2D eigenvalue weighted by Gasteiger charge is -2.19. The summed E-state index contributed by atoms with van der Waals surface area (Å²) < 4.78 is 19.3. The van der Waals surface area contributed by atoms with Crippen LogP contribution in [0.1, 0.15) is 11.1 Å². The number of hydrogen-bond acceptors (Lipinski definition) is 10. The van der Waals surface area contributed by atoms with Gasteiger partial charge in [0, 0.05) is 12.2 Å². The van der Waals surface area contributed by atoms with E-state index in [1.165, 1.54) is 62.8 Å². The fraction of sp³-hybridized carbons (Fsp3) is 0.167. The van der Waals surface area contributed by atoms with Gasteiger partial charge < -0.3 is 39.4 Å². The Bertz CT molecular complexity index is 1100. The molecule has 0 spiro atoms. The molecule has 36 heavy (non-hydrogen) atoms. The molecule has 2 unspecified atom stereocenters. The van der Waals surface area contributed by atoms with E-state index in [4.69, 9.17) is 18.9 Å². The minimum absolute atomic E-state index is 0.116. The van der Waals surface area contributed by atoms with Gasteiger partial charge in [-0.1, -0.05) is 12.1 Å². The molecule has 0 amide bonds. The molecule has 0 aliphatic heterocycles. The van der Waals surface area contributed by atoms with Gasteiger partial charge in [0.2, 0.25) is 12.2 Å². The summed E-state index contributed by atoms with van der Waals surface area (Å²) in [6, 6.07) is 8.21. The number of phenolic OH excluding ortho intramolecular Hbond substituents is 2. The van der Waals surface area contributed by atoms with Gasteiger partial charge in [0.15, 0.2) is 23.0 Å². The van der Waals surface area contributed by atoms with E-state index in [2.05, 4.69) is 0 Å². The molecule has 0 saturated heterocycles. The molecule has 2 rings (SSSR count). The number of rotatable bonds is 11. The van der Waals surface area contributed by atoms with Gasteiger partial charge in [-0.25, -0.2) is 19.2 Å². The number of carboxylic acids is 2. The largest absolute Gasteiger partial charge is 0.504 e. The summed E-state index contributed by atoms with van der Waals surface area (Å²) in [7, 11) is 2.64. The molecule has 0 saturated carbocycles. The van der Waals surface area contributed by atoms with Crippen molar-refractivity contribution in [2.45, 2.75) is 12.2 Å². The van der Waals surface area contributed by atoms with Gasteiger partial charge in [0.25, 0.3) is 0 Å². The summed E-state index contributed by atoms with van der Waals surface area (Å²) >= 11 is 0. The lowest BCUT2D eigenvalue weighted by Crippen LogP contribution is -2.45. The molecule has 0 heterocycles. The van der Waals surface area contributed by atoms with E-state index < -0.39 is 36.1 Å². The lowest BCUT2D eigenvalue weighted by atomic mass is 10.1. The van der Waals surface area contributed by atoms with Gasteiger partial charge in [-0.2, -0.15) is 0 Å². The molecular weight excluding hydrogens is 480 g/mol. The predicted octanol–water partition coefficient (Wildman–Crippen LogP) is 1.83. The molecule has 4 N–H and O–H groups in total. The second-order valence-corrected chi connectivity index (χ2v) is 6.92. The number of methoxy groups -OCH3 is 2. The number of esters is 2. The molecule has 0 aliphatic rings. The molecule has 2 atom stereocenters. The van der Waals surface area contributed by atoms with E-state index in [0.29, 0.717) is 11.1 Å². The Hall–Kier alpha value is -5.00. The Morgan fingerprint density at radius 2 is 1.06 bits per heavy atom. The van der Waals surface area contributed by atoms with Crippen molar-refractivity contribution >= 4 is 36.0 Å². The predicted molar refractivity (Wildman–Crippen MR) is 122 cm³/mol. The molecule has 2 aromatic carbocycles. The van der Waals surface area contributed by atoms with Crippen molar-refractivity contribution in [2.24, 2.45) is 0 Å². The van der Waals surface area contributed by atoms with Gasteiger partial charge in [-0.15, -0.1) is 0 Å². The van der Waals surface area contributed by atoms with E-state index in [-0.39, 0.29) is 23.0 Å². The van der Waals surface area contributed by atoms with Crippen LogP contribution in [0.25, 0.3) is 12.2 Å². The molecule has 0 aliphatic carbocycles. The Kier molecular flexibility index (Phi) is 9.43. The Balaban J connectivity index is 2.12. The van der Waals surface area contributed by atoms with E-state index >= 15 is 0 Å². The van der Waals surface area contributed by atoms with E-state index in [1.807, 2.05) is 0 Å². The van der Waals surface area contributed by atoms with Crippen molar-refractivity contribution in [3.63, 3.8) is 0 Å². The minimum Gasteiger partial charge on any atom is -0.504 e. The second kappa shape index (κ2) is 12.5. The third-order valence-electron chi connectivity index (χ3n) is 4.48. The van der Waals surface area contributed by atoms with Gasteiger partial charge in [-0.05, 0) is 47.5 Å². The topological polar surface area (TPSA) is 186 Å². The summed E-state index contributed by atoms with van der Waals surface area (Å²) in [4.78, 5) is 47.4. The average molecular weight is 502 g/mol. The van der Waals surface area contributed by atoms with Crippen LogP contribution in [-0.4, -0.2) is 70.7 Å². The summed E-state index contributed by atoms with van der Waals surface area (Å²) in [5, 5.41) is 37.9. The van der Waals surface area contributed by atoms with Crippen molar-refractivity contribution in [3.05, 3.63) is 59.7 Å². The Morgan fingerprint density at radius 1 is 0.694 bits per heavy atom. The van der Waals surface area contributed by atoms with Crippen LogP contribution in [0.3, 0.4) is 0 Å². The van der Waals surface area contributed by atoms with Gasteiger partial charge in [-0.3, -0.25) is 0 Å². The zero-order valence-electron chi connectivity index (χ0n) is 19.0. The van der Waals surface area contributed by atoms with Crippen LogP contribution in [0.4, 0.5) is 0 Å². The molecule has 2 aromatic rings. The van der Waals surface area contributed by atoms with Gasteiger partial charge >= 0.3 is 23.9 Å². The first kappa shape index (κ1) is 27.2. The fourth-order valence-electron chi connectivity index (χ4n) is 2.74. The molecule has 0 fully saturated rings. The molecule has 0 aromatic heterocycles. The third kappa shape index (κ3) is 7.52. The van der Waals surface area contributed by atoms with Gasteiger partial charge in [0.05, 0.1) is 14.2 Å². The number of aromatic hydroxyl groups is 2. The zero-order chi connectivity index (χ0) is 26.8. The summed E-state index contributed by atoms with van der Waals surface area (Å²) in [6.45, 7) is 0. The van der Waals surface area contributed by atoms with Crippen LogP contribution in [0.15, 0.2) is 48.6 Å². The van der Waals surface area contributed by atoms with Crippen LogP contribution >= 0.6 is 0 Å². The van der Waals surface area contributed by atoms with Crippen LogP contribution in [0.2, 0.25) is 0 Å². The maximum absolute atomic E-state index is 12.1. The zero-order valence-corrected chi connectivity index (χ0v) is 19.0. The highest BCUT2D eigenvalue weighted by Crippen LogP contribution is 2.27.